The first-order valence-electron chi connectivity index (χ1n) is 6.09. The van der Waals surface area contributed by atoms with Crippen LogP contribution in [0.3, 0.4) is 0 Å². The number of nitrogens with one attached hydrogen (secondary N) is 1. The minimum Gasteiger partial charge on any atom is -0.346 e. The van der Waals surface area contributed by atoms with Gasteiger partial charge in [0.25, 0.3) is 5.91 Å². The molecule has 0 bridgehead atoms. The van der Waals surface area contributed by atoms with Crippen molar-refractivity contribution in [2.45, 2.75) is 19.6 Å². The molecular formula is C14H12F3N3O. The molecule has 4 nitrogen and oxygen atoms in total. The van der Waals surface area contributed by atoms with E-state index in [-0.39, 0.29) is 12.1 Å². The van der Waals surface area contributed by atoms with Crippen molar-refractivity contribution < 1.29 is 18.0 Å². The third-order valence-corrected chi connectivity index (χ3v) is 2.76. The molecule has 1 N–H and O–H groups in total. The number of aromatic nitrogens is 2. The lowest BCUT2D eigenvalue weighted by atomic mass is 10.1. The topological polar surface area (TPSA) is 54.9 Å². The molecule has 21 heavy (non-hydrogen) atoms. The van der Waals surface area contributed by atoms with Crippen LogP contribution in [0.2, 0.25) is 0 Å². The van der Waals surface area contributed by atoms with Gasteiger partial charge in [0.05, 0.1) is 17.8 Å². The third-order valence-electron chi connectivity index (χ3n) is 2.76. The van der Waals surface area contributed by atoms with Crippen molar-refractivity contribution in [3.63, 3.8) is 0 Å². The van der Waals surface area contributed by atoms with Gasteiger partial charge in [-0.3, -0.25) is 4.79 Å². The summed E-state index contributed by atoms with van der Waals surface area (Å²) in [6.45, 7) is 1.98. The molecule has 0 saturated heterocycles. The van der Waals surface area contributed by atoms with Crippen LogP contribution in [0.25, 0.3) is 0 Å². The van der Waals surface area contributed by atoms with Crippen molar-refractivity contribution in [3.8, 4) is 0 Å². The molecule has 2 aromatic rings. The molecule has 0 atom stereocenters. The molecule has 0 fully saturated rings. The van der Waals surface area contributed by atoms with Gasteiger partial charge in [0, 0.05) is 11.3 Å². The summed E-state index contributed by atoms with van der Waals surface area (Å²) >= 11 is 0. The van der Waals surface area contributed by atoms with E-state index in [9.17, 15) is 18.0 Å². The van der Waals surface area contributed by atoms with Crippen molar-refractivity contribution in [1.82, 2.24) is 15.3 Å². The fourth-order valence-electron chi connectivity index (χ4n) is 1.69. The van der Waals surface area contributed by atoms with E-state index in [1.165, 1.54) is 6.33 Å². The zero-order chi connectivity index (χ0) is 15.5. The predicted molar refractivity (Wildman–Crippen MR) is 69.4 cm³/mol. The van der Waals surface area contributed by atoms with Gasteiger partial charge in [0.1, 0.15) is 6.33 Å². The van der Waals surface area contributed by atoms with Crippen molar-refractivity contribution in [3.05, 3.63) is 59.2 Å². The standard InChI is InChI=1S/C14H12F3N3O/c1-9-6-12(20-8-19-9)7-18-13(21)10-2-4-11(5-3-10)14(15,16)17/h2-6,8H,7H2,1H3,(H,18,21). The molecule has 1 aromatic carbocycles. The molecule has 0 aliphatic rings. The molecule has 7 heteroatoms. The molecule has 0 aliphatic carbocycles. The normalized spacial score (nSPS) is 11.2. The molecule has 0 aliphatic heterocycles. The van der Waals surface area contributed by atoms with E-state index >= 15 is 0 Å². The molecule has 0 radical (unpaired) electrons. The SMILES string of the molecule is Cc1cc(CNC(=O)c2ccc(C(F)(F)F)cc2)ncn1. The van der Waals surface area contributed by atoms with E-state index in [0.29, 0.717) is 5.69 Å². The second kappa shape index (κ2) is 5.90. The highest BCUT2D eigenvalue weighted by molar-refractivity contribution is 5.94. The molecule has 0 saturated carbocycles. The quantitative estimate of drug-likeness (QED) is 0.947. The number of benzene rings is 1. The summed E-state index contributed by atoms with van der Waals surface area (Å²) in [5, 5.41) is 2.59. The van der Waals surface area contributed by atoms with Crippen LogP contribution in [0.4, 0.5) is 13.2 Å². The summed E-state index contributed by atoms with van der Waals surface area (Å²) in [5.41, 5.74) is 0.769. The number of nitrogens with zero attached hydrogens (tertiary/aromatic N) is 2. The summed E-state index contributed by atoms with van der Waals surface area (Å²) in [4.78, 5) is 19.7. The Kier molecular flexibility index (Phi) is 4.21. The summed E-state index contributed by atoms with van der Waals surface area (Å²) in [7, 11) is 0. The van der Waals surface area contributed by atoms with Crippen molar-refractivity contribution in [2.24, 2.45) is 0 Å². The Labute approximate surface area is 119 Å². The van der Waals surface area contributed by atoms with Gasteiger partial charge in [-0.25, -0.2) is 9.97 Å². The van der Waals surface area contributed by atoms with Crippen molar-refractivity contribution in [2.75, 3.05) is 0 Å². The number of halogens is 3. The molecule has 1 aromatic heterocycles. The van der Waals surface area contributed by atoms with Crippen LogP contribution in [0.1, 0.15) is 27.3 Å². The van der Waals surface area contributed by atoms with Gasteiger partial charge in [-0.15, -0.1) is 0 Å². The van der Waals surface area contributed by atoms with Crippen LogP contribution in [0, 0.1) is 6.92 Å². The average molecular weight is 295 g/mol. The number of carbonyl (C=O) groups excluding carboxylic acids is 1. The Morgan fingerprint density at radius 1 is 1.19 bits per heavy atom. The van der Waals surface area contributed by atoms with Crippen LogP contribution in [-0.2, 0) is 12.7 Å². The van der Waals surface area contributed by atoms with E-state index in [1.807, 2.05) is 0 Å². The maximum atomic E-state index is 12.4. The maximum absolute atomic E-state index is 12.4. The molecule has 0 spiro atoms. The highest BCUT2D eigenvalue weighted by Crippen LogP contribution is 2.29. The van der Waals surface area contributed by atoms with Gasteiger partial charge in [-0.1, -0.05) is 0 Å². The van der Waals surface area contributed by atoms with Crippen molar-refractivity contribution >= 4 is 5.91 Å². The zero-order valence-corrected chi connectivity index (χ0v) is 11.1. The highest BCUT2D eigenvalue weighted by Gasteiger charge is 2.30. The van der Waals surface area contributed by atoms with Gasteiger partial charge in [-0.2, -0.15) is 13.2 Å². The first kappa shape index (κ1) is 15.0. The fraction of sp³-hybridized carbons (Fsp3) is 0.214. The van der Waals surface area contributed by atoms with E-state index in [2.05, 4.69) is 15.3 Å². The lowest BCUT2D eigenvalue weighted by molar-refractivity contribution is -0.137. The van der Waals surface area contributed by atoms with Gasteiger partial charge in [-0.05, 0) is 37.3 Å². The minimum absolute atomic E-state index is 0.161. The Balaban J connectivity index is 2.00. The number of rotatable bonds is 3. The Bertz CT molecular complexity index is 639. The van der Waals surface area contributed by atoms with E-state index in [0.717, 1.165) is 30.0 Å². The lowest BCUT2D eigenvalue weighted by Crippen LogP contribution is -2.23. The van der Waals surface area contributed by atoms with Gasteiger partial charge in [0.2, 0.25) is 0 Å². The second-order valence-corrected chi connectivity index (χ2v) is 4.41. The molecule has 1 amide bonds. The molecule has 0 unspecified atom stereocenters. The third kappa shape index (κ3) is 4.01. The lowest BCUT2D eigenvalue weighted by Gasteiger charge is -2.08. The molecule has 1 heterocycles. The summed E-state index contributed by atoms with van der Waals surface area (Å²) < 4.78 is 37.2. The summed E-state index contributed by atoms with van der Waals surface area (Å²) in [6.07, 6.45) is -3.03. The number of carbonyl (C=O) groups is 1. The Hall–Kier alpha value is -2.44. The number of hydrogen-bond acceptors (Lipinski definition) is 3. The largest absolute Gasteiger partial charge is 0.416 e. The number of amides is 1. The summed E-state index contributed by atoms with van der Waals surface area (Å²) in [6, 6.07) is 5.76. The number of aryl methyl sites for hydroxylation is 1. The van der Waals surface area contributed by atoms with Crippen LogP contribution < -0.4 is 5.32 Å². The predicted octanol–water partition coefficient (Wildman–Crippen LogP) is 2.73. The van der Waals surface area contributed by atoms with Gasteiger partial charge < -0.3 is 5.32 Å². The average Bonchev–Trinajstić information content (AvgIpc) is 2.44. The van der Waals surface area contributed by atoms with Crippen LogP contribution in [0.5, 0.6) is 0 Å². The van der Waals surface area contributed by atoms with E-state index in [4.69, 9.17) is 0 Å². The first-order chi connectivity index (χ1) is 9.86. The molecular weight excluding hydrogens is 283 g/mol. The molecule has 110 valence electrons. The van der Waals surface area contributed by atoms with Crippen LogP contribution in [-0.4, -0.2) is 15.9 Å². The van der Waals surface area contributed by atoms with Gasteiger partial charge in [0.15, 0.2) is 0 Å². The van der Waals surface area contributed by atoms with E-state index in [1.54, 1.807) is 13.0 Å². The van der Waals surface area contributed by atoms with E-state index < -0.39 is 17.6 Å². The Morgan fingerprint density at radius 3 is 2.43 bits per heavy atom. The zero-order valence-electron chi connectivity index (χ0n) is 11.1. The maximum Gasteiger partial charge on any atom is 0.416 e. The molecule has 2 rings (SSSR count). The second-order valence-electron chi connectivity index (χ2n) is 4.41. The fourth-order valence-corrected chi connectivity index (χ4v) is 1.69. The number of alkyl halides is 3. The monoisotopic (exact) mass is 295 g/mol. The van der Waals surface area contributed by atoms with Crippen LogP contribution in [0.15, 0.2) is 36.7 Å². The Morgan fingerprint density at radius 2 is 1.86 bits per heavy atom. The first-order valence-corrected chi connectivity index (χ1v) is 6.09. The minimum atomic E-state index is -4.41. The smallest absolute Gasteiger partial charge is 0.346 e. The summed E-state index contributed by atoms with van der Waals surface area (Å²) in [5.74, 6) is -0.458. The highest BCUT2D eigenvalue weighted by atomic mass is 19.4. The van der Waals surface area contributed by atoms with Crippen molar-refractivity contribution in [1.29, 1.82) is 0 Å². The van der Waals surface area contributed by atoms with Crippen LogP contribution >= 0.6 is 0 Å². The number of hydrogen-bond donors (Lipinski definition) is 1. The van der Waals surface area contributed by atoms with Gasteiger partial charge >= 0.3 is 6.18 Å².